The van der Waals surface area contributed by atoms with Gasteiger partial charge < -0.3 is 29.9 Å². The third-order valence-electron chi connectivity index (χ3n) is 10.6. The first-order chi connectivity index (χ1) is 28.1. The molecule has 0 unspecified atom stereocenters. The molecular weight excluding hydrogens is 888 g/mol. The second-order valence-corrected chi connectivity index (χ2v) is 20.1. The van der Waals surface area contributed by atoms with Crippen molar-refractivity contribution < 1.29 is 24.4 Å². The largest absolute Gasteiger partial charge is 0.463 e. The van der Waals surface area contributed by atoms with E-state index in [1.54, 1.807) is 0 Å². The van der Waals surface area contributed by atoms with Crippen LogP contribution in [0.3, 0.4) is 0 Å². The molecule has 0 fully saturated rings. The van der Waals surface area contributed by atoms with Crippen molar-refractivity contribution in [3.8, 4) is 0 Å². The summed E-state index contributed by atoms with van der Waals surface area (Å²) < 4.78 is 5.43. The summed E-state index contributed by atoms with van der Waals surface area (Å²) in [4.78, 5) is 40.4. The van der Waals surface area contributed by atoms with Gasteiger partial charge in [-0.1, -0.05) is 48.9 Å². The summed E-state index contributed by atoms with van der Waals surface area (Å²) in [6.45, 7) is -0.327. The van der Waals surface area contributed by atoms with Crippen LogP contribution in [-0.2, 0) is 14.3 Å². The fourth-order valence-electron chi connectivity index (χ4n) is 7.09. The van der Waals surface area contributed by atoms with Gasteiger partial charge in [0.15, 0.2) is 4.84 Å². The van der Waals surface area contributed by atoms with Crippen molar-refractivity contribution in [3.05, 3.63) is 113 Å². The third-order valence-corrected chi connectivity index (χ3v) is 15.5. The van der Waals surface area contributed by atoms with Crippen molar-refractivity contribution in [2.24, 2.45) is 0 Å². The Balaban J connectivity index is 0.00000961. The van der Waals surface area contributed by atoms with Crippen LogP contribution in [0.25, 0.3) is 0 Å². The van der Waals surface area contributed by atoms with E-state index in [4.69, 9.17) is 27.9 Å². The molecular formula is C45H60BrCl2N5O6P+. The van der Waals surface area contributed by atoms with Gasteiger partial charge >= 0.3 is 5.97 Å². The molecule has 1 amide bonds. The van der Waals surface area contributed by atoms with E-state index in [0.717, 1.165) is 44.7 Å². The zero-order chi connectivity index (χ0) is 43.1. The van der Waals surface area contributed by atoms with Gasteiger partial charge in [0.05, 0.1) is 17.1 Å². The Kier molecular flexibility index (Phi) is 20.6. The monoisotopic (exact) mass is 946 g/mol. The molecule has 0 heterocycles. The minimum absolute atomic E-state index is 0. The van der Waals surface area contributed by atoms with Crippen LogP contribution in [0.1, 0.15) is 63.0 Å². The maximum Gasteiger partial charge on any atom is 0.305 e. The number of non-ortho nitro benzene ring substituents is 1. The molecule has 0 saturated heterocycles. The third kappa shape index (κ3) is 14.1. The molecule has 0 aliphatic heterocycles. The van der Waals surface area contributed by atoms with Gasteiger partial charge in [0.2, 0.25) is 0 Å². The number of nitro groups is 1. The molecule has 4 aromatic rings. The molecule has 0 aliphatic carbocycles. The van der Waals surface area contributed by atoms with E-state index in [0.29, 0.717) is 12.0 Å². The summed E-state index contributed by atoms with van der Waals surface area (Å²) in [5, 5.41) is 28.6. The van der Waals surface area contributed by atoms with Gasteiger partial charge in [0.25, 0.3) is 11.6 Å². The molecule has 2 N–H and O–H groups in total. The number of rotatable bonds is 23. The van der Waals surface area contributed by atoms with Crippen molar-refractivity contribution in [2.75, 3.05) is 69.8 Å². The number of anilines is 3. The standard InChI is InChI=1S/C45H58Cl2N5O6P.BrH/c1-49(2)34-19-25-38(26-20-34)59(39-27-21-35(22-28-39)50(3)4,40-29-23-36(24-30-40)51(5)6)31-13-11-9-7-8-10-12-14-42(53)58-32-41(48-45(55)44(46)47)43(54)33-15-17-37(18-16-33)52(56)57;/h15-30,41,43-44,54H,7-14,31-32H2,1-6H3;1H/p+1/t41-,43+;/m0./s1. The number of unbranched alkanes of at least 4 members (excludes halogenated alkanes) is 6. The first-order valence-electron chi connectivity index (χ1n) is 20.0. The highest BCUT2D eigenvalue weighted by Crippen LogP contribution is 2.56. The number of hydrogen-bond acceptors (Lipinski definition) is 9. The number of nitrogens with zero attached hydrogens (tertiary/aromatic N) is 4. The van der Waals surface area contributed by atoms with Crippen molar-refractivity contribution in [2.45, 2.75) is 68.3 Å². The van der Waals surface area contributed by atoms with Crippen LogP contribution in [0.2, 0.25) is 0 Å². The number of amides is 1. The minimum Gasteiger partial charge on any atom is -0.463 e. The van der Waals surface area contributed by atoms with Gasteiger partial charge in [-0.05, 0) is 110 Å². The quantitative estimate of drug-likeness (QED) is 0.0188. The molecule has 2 atom stereocenters. The maximum atomic E-state index is 12.7. The molecule has 0 saturated carbocycles. The van der Waals surface area contributed by atoms with E-state index in [1.807, 2.05) is 0 Å². The zero-order valence-electron chi connectivity index (χ0n) is 35.4. The summed E-state index contributed by atoms with van der Waals surface area (Å²) in [5.41, 5.74) is 3.67. The van der Waals surface area contributed by atoms with Crippen LogP contribution >= 0.6 is 47.4 Å². The molecule has 0 spiro atoms. The number of halogens is 3. The van der Waals surface area contributed by atoms with Gasteiger partial charge in [-0.2, -0.15) is 0 Å². The molecule has 11 nitrogen and oxygen atoms in total. The van der Waals surface area contributed by atoms with Gasteiger partial charge in [-0.3, -0.25) is 19.7 Å². The van der Waals surface area contributed by atoms with Gasteiger partial charge in [0, 0.05) is 77.9 Å². The molecule has 0 aliphatic rings. The Hall–Kier alpha value is -3.93. The number of hydrogen-bond donors (Lipinski definition) is 2. The van der Waals surface area contributed by atoms with Gasteiger partial charge in [0.1, 0.15) is 35.9 Å². The normalized spacial score (nSPS) is 12.2. The van der Waals surface area contributed by atoms with Crippen LogP contribution in [0.5, 0.6) is 0 Å². The predicted octanol–water partition coefficient (Wildman–Crippen LogP) is 8.35. The Morgan fingerprint density at radius 1 is 0.683 bits per heavy atom. The summed E-state index contributed by atoms with van der Waals surface area (Å²) in [6, 6.07) is 31.6. The molecule has 0 aromatic heterocycles. The van der Waals surface area contributed by atoms with Crippen molar-refractivity contribution in [1.29, 1.82) is 0 Å². The van der Waals surface area contributed by atoms with Crippen molar-refractivity contribution in [3.63, 3.8) is 0 Å². The number of aliphatic hydroxyl groups excluding tert-OH is 1. The Morgan fingerprint density at radius 2 is 1.08 bits per heavy atom. The number of benzene rings is 4. The van der Waals surface area contributed by atoms with E-state index in [9.17, 15) is 24.8 Å². The minimum atomic E-state index is -2.02. The average Bonchev–Trinajstić information content (AvgIpc) is 3.23. The lowest BCUT2D eigenvalue weighted by Gasteiger charge is -2.29. The zero-order valence-corrected chi connectivity index (χ0v) is 39.5. The highest BCUT2D eigenvalue weighted by Gasteiger charge is 2.45. The Morgan fingerprint density at radius 3 is 1.47 bits per heavy atom. The Bertz CT molecular complexity index is 1810. The van der Waals surface area contributed by atoms with Crippen LogP contribution in [0.15, 0.2) is 97.1 Å². The number of carbonyl (C=O) groups excluding carboxylic acids is 2. The number of carbonyl (C=O) groups is 2. The summed E-state index contributed by atoms with van der Waals surface area (Å²) in [6.07, 6.45) is 6.75. The van der Waals surface area contributed by atoms with E-state index in [-0.39, 0.29) is 35.7 Å². The van der Waals surface area contributed by atoms with E-state index < -0.39 is 41.0 Å². The first-order valence-corrected chi connectivity index (χ1v) is 22.9. The van der Waals surface area contributed by atoms with Crippen LogP contribution < -0.4 is 35.9 Å². The van der Waals surface area contributed by atoms with Crippen LogP contribution in [0.4, 0.5) is 22.7 Å². The molecule has 326 valence electrons. The highest BCUT2D eigenvalue weighted by molar-refractivity contribution is 8.93. The second-order valence-electron chi connectivity index (χ2n) is 15.4. The number of nitro benzene ring substituents is 1. The first kappa shape index (κ1) is 50.4. The number of nitrogens with one attached hydrogen (secondary N) is 1. The average molecular weight is 949 g/mol. The summed E-state index contributed by atoms with van der Waals surface area (Å²) in [5.74, 6) is -1.22. The fourth-order valence-corrected chi connectivity index (χ4v) is 11.6. The van der Waals surface area contributed by atoms with E-state index >= 15 is 0 Å². The summed E-state index contributed by atoms with van der Waals surface area (Å²) >= 11 is 11.4. The number of aliphatic hydroxyl groups is 1. The SMILES string of the molecule is Br.CN(C)c1ccc([P+](CCCCCCCCCC(=O)OC[C@H](NC(=O)C(Cl)Cl)[C@H](O)c2ccc([N+](=O)[O-])cc2)(c2ccc(N(C)C)cc2)c2ccc(N(C)C)cc2)cc1. The van der Waals surface area contributed by atoms with E-state index in [1.165, 1.54) is 57.2 Å². The van der Waals surface area contributed by atoms with Gasteiger partial charge in [-0.15, -0.1) is 17.0 Å². The highest BCUT2D eigenvalue weighted by atomic mass is 79.9. The van der Waals surface area contributed by atoms with Crippen LogP contribution in [-0.4, -0.2) is 87.8 Å². The number of esters is 1. The molecule has 15 heteroatoms. The maximum absolute atomic E-state index is 12.7. The lowest BCUT2D eigenvalue weighted by atomic mass is 10.0. The molecule has 4 aromatic carbocycles. The second kappa shape index (κ2) is 24.5. The molecule has 0 radical (unpaired) electrons. The van der Waals surface area contributed by atoms with E-state index in [2.05, 4.69) is 135 Å². The van der Waals surface area contributed by atoms with Crippen molar-refractivity contribution in [1.82, 2.24) is 5.32 Å². The molecule has 0 bridgehead atoms. The molecule has 4 rings (SSSR count). The van der Waals surface area contributed by atoms with Gasteiger partial charge in [-0.25, -0.2) is 0 Å². The number of ether oxygens (including phenoxy) is 1. The number of alkyl halides is 2. The topological polar surface area (TPSA) is 128 Å². The molecule has 60 heavy (non-hydrogen) atoms. The predicted molar refractivity (Wildman–Crippen MR) is 257 cm³/mol. The summed E-state index contributed by atoms with van der Waals surface area (Å²) in [7, 11) is 10.4. The fraction of sp³-hybridized carbons (Fsp3) is 0.422. The lowest BCUT2D eigenvalue weighted by molar-refractivity contribution is -0.384. The lowest BCUT2D eigenvalue weighted by Crippen LogP contribution is -2.45. The Labute approximate surface area is 376 Å². The van der Waals surface area contributed by atoms with Crippen LogP contribution in [0, 0.1) is 10.1 Å². The smallest absolute Gasteiger partial charge is 0.305 e. The van der Waals surface area contributed by atoms with Crippen molar-refractivity contribution >= 4 is 98.0 Å².